The summed E-state index contributed by atoms with van der Waals surface area (Å²) in [5.74, 6) is 0.988. The highest BCUT2D eigenvalue weighted by molar-refractivity contribution is 7.04. The van der Waals surface area contributed by atoms with E-state index in [2.05, 4.69) is 6.07 Å². The van der Waals surface area contributed by atoms with Gasteiger partial charge in [-0.25, -0.2) is 0 Å². The van der Waals surface area contributed by atoms with Crippen molar-refractivity contribution in [1.29, 1.82) is 0 Å². The highest BCUT2D eigenvalue weighted by Crippen LogP contribution is 2.26. The van der Waals surface area contributed by atoms with E-state index >= 15 is 0 Å². The second-order valence-electron chi connectivity index (χ2n) is 3.82. The normalized spacial score (nSPS) is 13.5. The Morgan fingerprint density at radius 3 is 3.12 bits per heavy atom. The minimum absolute atomic E-state index is 0.0711. The van der Waals surface area contributed by atoms with Crippen LogP contribution in [0.1, 0.15) is 11.1 Å². The van der Waals surface area contributed by atoms with Crippen molar-refractivity contribution in [2.75, 3.05) is 6.61 Å². The fraction of sp³-hybridized carbons (Fsp3) is 0.250. The lowest BCUT2D eigenvalue weighted by molar-refractivity contribution is 0.357. The van der Waals surface area contributed by atoms with Crippen molar-refractivity contribution < 1.29 is 4.74 Å². The molecule has 0 saturated carbocycles. The third kappa shape index (κ3) is 1.65. The first-order chi connectivity index (χ1) is 7.83. The summed E-state index contributed by atoms with van der Waals surface area (Å²) in [5.41, 5.74) is 2.48. The van der Waals surface area contributed by atoms with E-state index < -0.39 is 0 Å². The number of hydrogen-bond donors (Lipinski definition) is 0. The quantitative estimate of drug-likeness (QED) is 0.793. The molecule has 0 spiro atoms. The van der Waals surface area contributed by atoms with Gasteiger partial charge in [0.05, 0.1) is 13.2 Å². The molecule has 3 rings (SSSR count). The predicted octanol–water partition coefficient (Wildman–Crippen LogP) is 1.89. The van der Waals surface area contributed by atoms with Crippen LogP contribution in [-0.2, 0) is 13.0 Å². The van der Waals surface area contributed by atoms with Gasteiger partial charge in [0, 0.05) is 17.9 Å². The molecule has 3 nitrogen and oxygen atoms in total. The Morgan fingerprint density at radius 2 is 2.31 bits per heavy atom. The summed E-state index contributed by atoms with van der Waals surface area (Å²) >= 11 is 1.45. The van der Waals surface area contributed by atoms with Gasteiger partial charge in [0.15, 0.2) is 0 Å². The van der Waals surface area contributed by atoms with Crippen molar-refractivity contribution >= 4 is 11.5 Å². The van der Waals surface area contributed by atoms with E-state index in [1.54, 1.807) is 10.0 Å². The Labute approximate surface area is 97.1 Å². The fourth-order valence-electron chi connectivity index (χ4n) is 1.92. The fourth-order valence-corrected chi connectivity index (χ4v) is 2.63. The second kappa shape index (κ2) is 3.79. The van der Waals surface area contributed by atoms with Gasteiger partial charge in [0.2, 0.25) is 0 Å². The lowest BCUT2D eigenvalue weighted by Crippen LogP contribution is -2.12. The lowest BCUT2D eigenvalue weighted by atomic mass is 10.1. The molecule has 0 N–H and O–H groups in total. The van der Waals surface area contributed by atoms with Crippen LogP contribution in [0, 0.1) is 0 Å². The molecule has 1 aromatic heterocycles. The molecule has 0 radical (unpaired) electrons. The molecule has 1 aliphatic rings. The van der Waals surface area contributed by atoms with Gasteiger partial charge < -0.3 is 4.74 Å². The second-order valence-corrected chi connectivity index (χ2v) is 4.75. The van der Waals surface area contributed by atoms with E-state index in [1.165, 1.54) is 17.1 Å². The Morgan fingerprint density at radius 1 is 1.38 bits per heavy atom. The molecular weight excluding hydrogens is 222 g/mol. The zero-order chi connectivity index (χ0) is 11.0. The SMILES string of the molecule is O=c1ccsn1Cc1ccc2c(c1)CCO2. The maximum atomic E-state index is 11.4. The monoisotopic (exact) mass is 233 g/mol. The molecule has 0 unspecified atom stereocenters. The molecule has 0 atom stereocenters. The number of nitrogens with zero attached hydrogens (tertiary/aromatic N) is 1. The van der Waals surface area contributed by atoms with Crippen LogP contribution in [0.3, 0.4) is 0 Å². The van der Waals surface area contributed by atoms with Crippen molar-refractivity contribution in [2.45, 2.75) is 13.0 Å². The smallest absolute Gasteiger partial charge is 0.260 e. The Hall–Kier alpha value is -1.55. The van der Waals surface area contributed by atoms with Gasteiger partial charge in [-0.15, -0.1) is 0 Å². The summed E-state index contributed by atoms with van der Waals surface area (Å²) in [4.78, 5) is 11.4. The van der Waals surface area contributed by atoms with Gasteiger partial charge in [0.1, 0.15) is 5.75 Å². The Balaban J connectivity index is 1.91. The number of benzene rings is 1. The Kier molecular flexibility index (Phi) is 2.29. The molecule has 0 bridgehead atoms. The van der Waals surface area contributed by atoms with Crippen molar-refractivity contribution in [3.8, 4) is 5.75 Å². The van der Waals surface area contributed by atoms with Crippen molar-refractivity contribution in [3.05, 3.63) is 51.1 Å². The number of ether oxygens (including phenoxy) is 1. The highest BCUT2D eigenvalue weighted by atomic mass is 32.1. The molecular formula is C12H11NO2S. The third-order valence-electron chi connectivity index (χ3n) is 2.72. The van der Waals surface area contributed by atoms with Crippen LogP contribution < -0.4 is 10.3 Å². The molecule has 0 amide bonds. The Bertz CT molecular complexity index is 570. The minimum Gasteiger partial charge on any atom is -0.493 e. The summed E-state index contributed by atoms with van der Waals surface area (Å²) in [6.07, 6.45) is 0.975. The maximum Gasteiger partial charge on any atom is 0.260 e. The number of rotatable bonds is 2. The van der Waals surface area contributed by atoms with Crippen LogP contribution in [0.5, 0.6) is 5.75 Å². The number of hydrogen-bond acceptors (Lipinski definition) is 3. The van der Waals surface area contributed by atoms with Gasteiger partial charge in [-0.3, -0.25) is 8.75 Å². The van der Waals surface area contributed by atoms with Crippen LogP contribution >= 0.6 is 11.5 Å². The lowest BCUT2D eigenvalue weighted by Gasteiger charge is -2.04. The summed E-state index contributed by atoms with van der Waals surface area (Å²) in [6.45, 7) is 1.43. The molecule has 0 fully saturated rings. The average molecular weight is 233 g/mol. The number of fused-ring (bicyclic) bond motifs is 1. The molecule has 1 aliphatic heterocycles. The van der Waals surface area contributed by atoms with E-state index in [1.807, 2.05) is 17.5 Å². The molecule has 2 aromatic rings. The topological polar surface area (TPSA) is 31.2 Å². The zero-order valence-electron chi connectivity index (χ0n) is 8.68. The van der Waals surface area contributed by atoms with Gasteiger partial charge in [-0.2, -0.15) is 0 Å². The van der Waals surface area contributed by atoms with Crippen LogP contribution in [0.4, 0.5) is 0 Å². The van der Waals surface area contributed by atoms with E-state index in [0.717, 1.165) is 24.3 Å². The summed E-state index contributed by atoms with van der Waals surface area (Å²) in [6, 6.07) is 7.75. The first-order valence-corrected chi connectivity index (χ1v) is 6.06. The molecule has 1 aromatic carbocycles. The van der Waals surface area contributed by atoms with Crippen LogP contribution in [0.2, 0.25) is 0 Å². The molecule has 4 heteroatoms. The maximum absolute atomic E-state index is 11.4. The minimum atomic E-state index is 0.0711. The van der Waals surface area contributed by atoms with E-state index in [4.69, 9.17) is 4.74 Å². The van der Waals surface area contributed by atoms with Crippen molar-refractivity contribution in [1.82, 2.24) is 3.96 Å². The molecule has 0 aliphatic carbocycles. The van der Waals surface area contributed by atoms with E-state index in [-0.39, 0.29) is 5.56 Å². The first kappa shape index (κ1) is 9.66. The van der Waals surface area contributed by atoms with Gasteiger partial charge in [0.25, 0.3) is 5.56 Å². The first-order valence-electron chi connectivity index (χ1n) is 5.22. The molecule has 2 heterocycles. The zero-order valence-corrected chi connectivity index (χ0v) is 9.50. The van der Waals surface area contributed by atoms with Crippen LogP contribution in [0.15, 0.2) is 34.4 Å². The van der Waals surface area contributed by atoms with Gasteiger partial charge >= 0.3 is 0 Å². The van der Waals surface area contributed by atoms with E-state index in [9.17, 15) is 4.79 Å². The number of aromatic nitrogens is 1. The molecule has 82 valence electrons. The van der Waals surface area contributed by atoms with Crippen molar-refractivity contribution in [2.24, 2.45) is 0 Å². The van der Waals surface area contributed by atoms with Crippen LogP contribution in [0.25, 0.3) is 0 Å². The largest absolute Gasteiger partial charge is 0.493 e. The summed E-state index contributed by atoms with van der Waals surface area (Å²) in [5, 5.41) is 1.82. The molecule has 16 heavy (non-hydrogen) atoms. The summed E-state index contributed by atoms with van der Waals surface area (Å²) < 4.78 is 7.19. The van der Waals surface area contributed by atoms with Gasteiger partial charge in [-0.1, -0.05) is 23.7 Å². The van der Waals surface area contributed by atoms with Crippen molar-refractivity contribution in [3.63, 3.8) is 0 Å². The van der Waals surface area contributed by atoms with Crippen LogP contribution in [-0.4, -0.2) is 10.6 Å². The molecule has 0 saturated heterocycles. The predicted molar refractivity (Wildman–Crippen MR) is 63.3 cm³/mol. The third-order valence-corrected chi connectivity index (χ3v) is 3.55. The van der Waals surface area contributed by atoms with Gasteiger partial charge in [-0.05, 0) is 17.2 Å². The van der Waals surface area contributed by atoms with E-state index in [0.29, 0.717) is 6.54 Å². The summed E-state index contributed by atoms with van der Waals surface area (Å²) in [7, 11) is 0. The highest BCUT2D eigenvalue weighted by Gasteiger charge is 2.12. The standard InChI is InChI=1S/C12H11NO2S/c14-12-4-6-16-13(12)8-9-1-2-11-10(7-9)3-5-15-11/h1-2,4,6-7H,3,5,8H2. The average Bonchev–Trinajstić information content (AvgIpc) is 2.88.